The van der Waals surface area contributed by atoms with Gasteiger partial charge in [-0.2, -0.15) is 0 Å². The highest BCUT2D eigenvalue weighted by atomic mass is 16.5. The van der Waals surface area contributed by atoms with Crippen LogP contribution in [0.25, 0.3) is 11.3 Å². The Balaban J connectivity index is 1.32. The predicted molar refractivity (Wildman–Crippen MR) is 107 cm³/mol. The Bertz CT molecular complexity index is 792. The Labute approximate surface area is 164 Å². The van der Waals surface area contributed by atoms with E-state index in [2.05, 4.69) is 25.2 Å². The molecule has 2 aromatic rings. The van der Waals surface area contributed by atoms with Crippen molar-refractivity contribution < 1.29 is 9.53 Å². The van der Waals surface area contributed by atoms with E-state index in [9.17, 15) is 4.79 Å². The Hall–Kier alpha value is -2.74. The molecule has 2 aliphatic rings. The van der Waals surface area contributed by atoms with Crippen molar-refractivity contribution in [1.29, 1.82) is 0 Å². The lowest BCUT2D eigenvalue weighted by Crippen LogP contribution is -2.36. The molecule has 0 bridgehead atoms. The molecule has 0 spiro atoms. The molecule has 0 radical (unpaired) electrons. The predicted octanol–water partition coefficient (Wildman–Crippen LogP) is 1.80. The SMILES string of the molecule is O=C1CCCN1CCCNc1cc(-c2ccc(N3CCOCC3)nc2)ncn1. The summed E-state index contributed by atoms with van der Waals surface area (Å²) in [5, 5.41) is 3.33. The summed E-state index contributed by atoms with van der Waals surface area (Å²) in [6.45, 7) is 5.70. The summed E-state index contributed by atoms with van der Waals surface area (Å²) in [5.41, 5.74) is 1.80. The Morgan fingerprint density at radius 3 is 2.75 bits per heavy atom. The topological polar surface area (TPSA) is 83.5 Å². The third-order valence-electron chi connectivity index (χ3n) is 5.13. The molecular formula is C20H26N6O2. The number of amides is 1. The van der Waals surface area contributed by atoms with Crippen LogP contribution in [0.5, 0.6) is 0 Å². The second kappa shape index (κ2) is 8.97. The second-order valence-corrected chi connectivity index (χ2v) is 7.06. The molecule has 148 valence electrons. The average Bonchev–Trinajstić information content (AvgIpc) is 3.17. The van der Waals surface area contributed by atoms with Gasteiger partial charge in [-0.15, -0.1) is 0 Å². The molecule has 0 atom stereocenters. The largest absolute Gasteiger partial charge is 0.378 e. The highest BCUT2D eigenvalue weighted by Crippen LogP contribution is 2.21. The summed E-state index contributed by atoms with van der Waals surface area (Å²) in [7, 11) is 0. The van der Waals surface area contributed by atoms with E-state index in [0.29, 0.717) is 6.42 Å². The molecule has 0 unspecified atom stereocenters. The minimum atomic E-state index is 0.275. The van der Waals surface area contributed by atoms with Crippen LogP contribution in [-0.2, 0) is 9.53 Å². The zero-order chi connectivity index (χ0) is 19.2. The minimum Gasteiger partial charge on any atom is -0.378 e. The van der Waals surface area contributed by atoms with Crippen LogP contribution in [0, 0.1) is 0 Å². The summed E-state index contributed by atoms with van der Waals surface area (Å²) < 4.78 is 5.39. The van der Waals surface area contributed by atoms with Gasteiger partial charge >= 0.3 is 0 Å². The quantitative estimate of drug-likeness (QED) is 0.731. The third-order valence-corrected chi connectivity index (χ3v) is 5.13. The van der Waals surface area contributed by atoms with E-state index < -0.39 is 0 Å². The fourth-order valence-corrected chi connectivity index (χ4v) is 3.56. The first-order chi connectivity index (χ1) is 13.8. The van der Waals surface area contributed by atoms with Crippen LogP contribution in [0.15, 0.2) is 30.7 Å². The maximum Gasteiger partial charge on any atom is 0.222 e. The van der Waals surface area contributed by atoms with E-state index in [0.717, 1.165) is 81.7 Å². The van der Waals surface area contributed by atoms with Crippen LogP contribution in [-0.4, -0.2) is 71.7 Å². The van der Waals surface area contributed by atoms with E-state index >= 15 is 0 Å². The summed E-state index contributed by atoms with van der Waals surface area (Å²) in [6.07, 6.45) is 6.01. The van der Waals surface area contributed by atoms with Crippen molar-refractivity contribution in [3.8, 4) is 11.3 Å². The van der Waals surface area contributed by atoms with Gasteiger partial charge in [-0.1, -0.05) is 0 Å². The Morgan fingerprint density at radius 1 is 1.11 bits per heavy atom. The van der Waals surface area contributed by atoms with Crippen LogP contribution in [0.4, 0.5) is 11.6 Å². The number of rotatable bonds is 7. The van der Waals surface area contributed by atoms with Gasteiger partial charge < -0.3 is 19.9 Å². The van der Waals surface area contributed by atoms with Gasteiger partial charge in [0.15, 0.2) is 0 Å². The number of hydrogen-bond donors (Lipinski definition) is 1. The molecule has 1 amide bonds. The molecular weight excluding hydrogens is 356 g/mol. The molecule has 8 nitrogen and oxygen atoms in total. The first-order valence-electron chi connectivity index (χ1n) is 9.92. The van der Waals surface area contributed by atoms with Crippen molar-refractivity contribution in [3.63, 3.8) is 0 Å². The number of likely N-dealkylation sites (tertiary alicyclic amines) is 1. The normalized spacial score (nSPS) is 17.2. The fourth-order valence-electron chi connectivity index (χ4n) is 3.56. The van der Waals surface area contributed by atoms with Crippen molar-refractivity contribution >= 4 is 17.5 Å². The number of carbonyl (C=O) groups excluding carboxylic acids is 1. The lowest BCUT2D eigenvalue weighted by Gasteiger charge is -2.27. The standard InChI is InChI=1S/C20H26N6O2/c27-20-3-1-7-26(20)8-2-6-21-18-13-17(23-15-24-18)16-4-5-19(22-14-16)25-9-11-28-12-10-25/h4-5,13-15H,1-3,6-12H2,(H,21,23,24). The van der Waals surface area contributed by atoms with E-state index in [-0.39, 0.29) is 5.91 Å². The monoisotopic (exact) mass is 382 g/mol. The van der Waals surface area contributed by atoms with Gasteiger partial charge in [-0.3, -0.25) is 4.79 Å². The molecule has 8 heteroatoms. The van der Waals surface area contributed by atoms with Crippen LogP contribution in [0.1, 0.15) is 19.3 Å². The van der Waals surface area contributed by atoms with Crippen molar-refractivity contribution in [3.05, 3.63) is 30.7 Å². The van der Waals surface area contributed by atoms with E-state index in [4.69, 9.17) is 4.74 Å². The molecule has 4 heterocycles. The average molecular weight is 382 g/mol. The maximum atomic E-state index is 11.6. The molecule has 1 N–H and O–H groups in total. The third kappa shape index (κ3) is 4.56. The van der Waals surface area contributed by atoms with Crippen LogP contribution < -0.4 is 10.2 Å². The van der Waals surface area contributed by atoms with Crippen molar-refractivity contribution in [1.82, 2.24) is 19.9 Å². The van der Waals surface area contributed by atoms with Gasteiger partial charge in [-0.05, 0) is 25.0 Å². The number of pyridine rings is 1. The summed E-state index contributed by atoms with van der Waals surface area (Å²) in [6, 6.07) is 6.01. The second-order valence-electron chi connectivity index (χ2n) is 7.06. The maximum absolute atomic E-state index is 11.6. The smallest absolute Gasteiger partial charge is 0.222 e. The fraction of sp³-hybridized carbons (Fsp3) is 0.500. The number of aromatic nitrogens is 3. The number of ether oxygens (including phenoxy) is 1. The molecule has 0 saturated carbocycles. The first kappa shape index (κ1) is 18.6. The van der Waals surface area contributed by atoms with Crippen LogP contribution in [0.3, 0.4) is 0 Å². The van der Waals surface area contributed by atoms with Crippen LogP contribution >= 0.6 is 0 Å². The molecule has 0 aliphatic carbocycles. The van der Waals surface area contributed by atoms with Crippen molar-refractivity contribution in [2.75, 3.05) is 56.2 Å². The number of nitrogens with zero attached hydrogens (tertiary/aromatic N) is 5. The zero-order valence-corrected chi connectivity index (χ0v) is 16.0. The molecule has 0 aromatic carbocycles. The van der Waals surface area contributed by atoms with E-state index in [1.54, 1.807) is 6.33 Å². The van der Waals surface area contributed by atoms with Gasteiger partial charge in [0.25, 0.3) is 0 Å². The van der Waals surface area contributed by atoms with Gasteiger partial charge in [0, 0.05) is 57.0 Å². The van der Waals surface area contributed by atoms with Gasteiger partial charge in [0.2, 0.25) is 5.91 Å². The number of anilines is 2. The molecule has 2 aromatic heterocycles. The van der Waals surface area contributed by atoms with Crippen molar-refractivity contribution in [2.45, 2.75) is 19.3 Å². The van der Waals surface area contributed by atoms with Gasteiger partial charge in [0.05, 0.1) is 18.9 Å². The Kier molecular flexibility index (Phi) is 5.96. The molecule has 2 saturated heterocycles. The molecule has 28 heavy (non-hydrogen) atoms. The molecule has 4 rings (SSSR count). The minimum absolute atomic E-state index is 0.275. The highest BCUT2D eigenvalue weighted by molar-refractivity contribution is 5.78. The summed E-state index contributed by atoms with van der Waals surface area (Å²) in [5.74, 6) is 2.03. The number of morpholine rings is 1. The first-order valence-corrected chi connectivity index (χ1v) is 9.92. The van der Waals surface area contributed by atoms with E-state index in [1.807, 2.05) is 29.3 Å². The number of hydrogen-bond acceptors (Lipinski definition) is 7. The van der Waals surface area contributed by atoms with Gasteiger partial charge in [-0.25, -0.2) is 15.0 Å². The summed E-state index contributed by atoms with van der Waals surface area (Å²) in [4.78, 5) is 29.1. The van der Waals surface area contributed by atoms with Crippen molar-refractivity contribution in [2.24, 2.45) is 0 Å². The number of carbonyl (C=O) groups is 1. The highest BCUT2D eigenvalue weighted by Gasteiger charge is 2.19. The Morgan fingerprint density at radius 2 is 2.00 bits per heavy atom. The zero-order valence-electron chi connectivity index (χ0n) is 16.0. The molecule has 2 fully saturated rings. The number of nitrogens with one attached hydrogen (secondary N) is 1. The lowest BCUT2D eigenvalue weighted by molar-refractivity contribution is -0.127. The van der Waals surface area contributed by atoms with Crippen LogP contribution in [0.2, 0.25) is 0 Å². The summed E-state index contributed by atoms with van der Waals surface area (Å²) >= 11 is 0. The van der Waals surface area contributed by atoms with Gasteiger partial charge in [0.1, 0.15) is 18.0 Å². The van der Waals surface area contributed by atoms with E-state index in [1.165, 1.54) is 0 Å². The lowest BCUT2D eigenvalue weighted by atomic mass is 10.2. The molecule has 2 aliphatic heterocycles.